The molecule has 0 atom stereocenters. The lowest BCUT2D eigenvalue weighted by Gasteiger charge is -2.41. The third-order valence-corrected chi connectivity index (χ3v) is 3.04. The Morgan fingerprint density at radius 3 is 2.71 bits per heavy atom. The summed E-state index contributed by atoms with van der Waals surface area (Å²) < 4.78 is 0. The molecule has 0 radical (unpaired) electrons. The van der Waals surface area contributed by atoms with Gasteiger partial charge in [0.1, 0.15) is 0 Å². The number of nitrogens with zero attached hydrogens (tertiary/aromatic N) is 1. The fourth-order valence-corrected chi connectivity index (χ4v) is 1.98. The van der Waals surface area contributed by atoms with Crippen molar-refractivity contribution in [2.24, 2.45) is 5.92 Å². The van der Waals surface area contributed by atoms with Gasteiger partial charge >= 0.3 is 0 Å². The van der Waals surface area contributed by atoms with Crippen LogP contribution in [0.4, 0.5) is 5.69 Å². The lowest BCUT2D eigenvalue weighted by atomic mass is 9.95. The van der Waals surface area contributed by atoms with E-state index in [2.05, 4.69) is 17.9 Å². The second kappa shape index (κ2) is 4.01. The van der Waals surface area contributed by atoms with E-state index in [0.29, 0.717) is 0 Å². The molecule has 1 saturated heterocycles. The third kappa shape index (κ3) is 1.62. The van der Waals surface area contributed by atoms with Crippen LogP contribution in [0.3, 0.4) is 0 Å². The van der Waals surface area contributed by atoms with Crippen molar-refractivity contribution in [1.82, 2.24) is 0 Å². The number of hydrogen-bond donors (Lipinski definition) is 1. The van der Waals surface area contributed by atoms with Crippen LogP contribution in [0.25, 0.3) is 0 Å². The molecule has 0 unspecified atom stereocenters. The van der Waals surface area contributed by atoms with E-state index in [4.69, 9.17) is 0 Å². The van der Waals surface area contributed by atoms with E-state index in [0.717, 1.165) is 24.6 Å². The normalized spacial score (nSPS) is 16.9. The number of rotatable bonds is 3. The zero-order valence-corrected chi connectivity index (χ0v) is 8.61. The molecule has 0 amide bonds. The van der Waals surface area contributed by atoms with Crippen molar-refractivity contribution >= 4 is 5.69 Å². The average molecular weight is 191 g/mol. The van der Waals surface area contributed by atoms with E-state index in [1.807, 2.05) is 18.2 Å². The summed E-state index contributed by atoms with van der Waals surface area (Å²) >= 11 is 0. The van der Waals surface area contributed by atoms with E-state index in [1.54, 1.807) is 0 Å². The summed E-state index contributed by atoms with van der Waals surface area (Å²) in [4.78, 5) is 2.35. The summed E-state index contributed by atoms with van der Waals surface area (Å²) in [6, 6.07) is 8.10. The van der Waals surface area contributed by atoms with Crippen LogP contribution in [0.15, 0.2) is 24.3 Å². The van der Waals surface area contributed by atoms with Crippen LogP contribution in [0.1, 0.15) is 18.9 Å². The Hall–Kier alpha value is -1.02. The fraction of sp³-hybridized carbons (Fsp3) is 0.500. The van der Waals surface area contributed by atoms with Gasteiger partial charge in [-0.3, -0.25) is 0 Å². The van der Waals surface area contributed by atoms with Gasteiger partial charge in [-0.1, -0.05) is 25.1 Å². The highest BCUT2D eigenvalue weighted by Gasteiger charge is 2.26. The van der Waals surface area contributed by atoms with Gasteiger partial charge in [-0.2, -0.15) is 0 Å². The molecule has 1 aliphatic rings. The van der Waals surface area contributed by atoms with Crippen LogP contribution in [0.2, 0.25) is 0 Å². The summed E-state index contributed by atoms with van der Waals surface area (Å²) in [5.74, 6) is 0.849. The third-order valence-electron chi connectivity index (χ3n) is 3.04. The maximum Gasteiger partial charge on any atom is 0.0702 e. The first-order valence-corrected chi connectivity index (χ1v) is 5.29. The van der Waals surface area contributed by atoms with Crippen LogP contribution in [0, 0.1) is 5.92 Å². The van der Waals surface area contributed by atoms with Crippen molar-refractivity contribution in [3.8, 4) is 0 Å². The van der Waals surface area contributed by atoms with Gasteiger partial charge in [0.2, 0.25) is 0 Å². The molecule has 0 aromatic heterocycles. The minimum atomic E-state index is 0.142. The van der Waals surface area contributed by atoms with Crippen LogP contribution >= 0.6 is 0 Å². The SMILES string of the molecule is CCC1CN(c2ccccc2CO)C1. The summed E-state index contributed by atoms with van der Waals surface area (Å²) in [6.45, 7) is 4.67. The maximum absolute atomic E-state index is 9.18. The van der Waals surface area contributed by atoms with E-state index in [9.17, 15) is 5.11 Å². The minimum Gasteiger partial charge on any atom is -0.392 e. The molecule has 1 aromatic rings. The quantitative estimate of drug-likeness (QED) is 0.790. The van der Waals surface area contributed by atoms with Crippen LogP contribution in [-0.4, -0.2) is 18.2 Å². The molecule has 2 rings (SSSR count). The van der Waals surface area contributed by atoms with E-state index in [1.165, 1.54) is 12.1 Å². The van der Waals surface area contributed by atoms with Crippen LogP contribution in [0.5, 0.6) is 0 Å². The van der Waals surface area contributed by atoms with Gasteiger partial charge in [0.15, 0.2) is 0 Å². The Bertz CT molecular complexity index is 305. The standard InChI is InChI=1S/C12H17NO/c1-2-10-7-13(8-10)12-6-4-3-5-11(12)9-14/h3-6,10,14H,2,7-9H2,1H3. The smallest absolute Gasteiger partial charge is 0.0702 e. The molecule has 1 heterocycles. The molecule has 1 N–H and O–H groups in total. The van der Waals surface area contributed by atoms with Gasteiger partial charge in [0.25, 0.3) is 0 Å². The van der Waals surface area contributed by atoms with Gasteiger partial charge in [-0.05, 0) is 18.4 Å². The first kappa shape index (κ1) is 9.53. The number of aliphatic hydroxyl groups excluding tert-OH is 1. The van der Waals surface area contributed by atoms with Crippen molar-refractivity contribution in [2.75, 3.05) is 18.0 Å². The zero-order valence-electron chi connectivity index (χ0n) is 8.61. The van der Waals surface area contributed by atoms with Crippen molar-refractivity contribution in [3.05, 3.63) is 29.8 Å². The molecule has 14 heavy (non-hydrogen) atoms. The van der Waals surface area contributed by atoms with Gasteiger partial charge < -0.3 is 10.0 Å². The molecule has 1 aliphatic heterocycles. The van der Waals surface area contributed by atoms with Gasteiger partial charge in [0.05, 0.1) is 6.61 Å². The monoisotopic (exact) mass is 191 g/mol. The highest BCUT2D eigenvalue weighted by molar-refractivity contribution is 5.55. The number of benzene rings is 1. The number of anilines is 1. The van der Waals surface area contributed by atoms with Crippen molar-refractivity contribution < 1.29 is 5.11 Å². The maximum atomic E-state index is 9.18. The molecule has 1 aromatic carbocycles. The Balaban J connectivity index is 2.10. The van der Waals surface area contributed by atoms with E-state index < -0.39 is 0 Å². The number of para-hydroxylation sites is 1. The second-order valence-corrected chi connectivity index (χ2v) is 3.97. The Kier molecular flexibility index (Phi) is 2.73. The summed E-state index contributed by atoms with van der Waals surface area (Å²) in [5, 5.41) is 9.18. The van der Waals surface area contributed by atoms with Crippen molar-refractivity contribution in [2.45, 2.75) is 20.0 Å². The molecule has 0 spiro atoms. The predicted octanol–water partition coefficient (Wildman–Crippen LogP) is 2.03. The van der Waals surface area contributed by atoms with E-state index >= 15 is 0 Å². The summed E-state index contributed by atoms with van der Waals surface area (Å²) in [5.41, 5.74) is 2.25. The molecule has 76 valence electrons. The minimum absolute atomic E-state index is 0.142. The van der Waals surface area contributed by atoms with Crippen LogP contribution in [-0.2, 0) is 6.61 Å². The molecular weight excluding hydrogens is 174 g/mol. The Morgan fingerprint density at radius 1 is 1.36 bits per heavy atom. The average Bonchev–Trinajstić information content (AvgIpc) is 2.17. The largest absolute Gasteiger partial charge is 0.392 e. The van der Waals surface area contributed by atoms with Crippen molar-refractivity contribution in [3.63, 3.8) is 0 Å². The molecule has 0 bridgehead atoms. The lowest BCUT2D eigenvalue weighted by Crippen LogP contribution is -2.46. The lowest BCUT2D eigenvalue weighted by molar-refractivity contribution is 0.280. The van der Waals surface area contributed by atoms with Crippen molar-refractivity contribution in [1.29, 1.82) is 0 Å². The topological polar surface area (TPSA) is 23.5 Å². The Morgan fingerprint density at radius 2 is 2.07 bits per heavy atom. The molecule has 0 aliphatic carbocycles. The second-order valence-electron chi connectivity index (χ2n) is 3.97. The Labute approximate surface area is 85.2 Å². The highest BCUT2D eigenvalue weighted by Crippen LogP contribution is 2.29. The summed E-state index contributed by atoms with van der Waals surface area (Å²) in [7, 11) is 0. The van der Waals surface area contributed by atoms with Crippen LogP contribution < -0.4 is 4.90 Å². The summed E-state index contributed by atoms with van der Waals surface area (Å²) in [6.07, 6.45) is 1.26. The van der Waals surface area contributed by atoms with Gasteiger partial charge in [-0.15, -0.1) is 0 Å². The predicted molar refractivity (Wildman–Crippen MR) is 58.4 cm³/mol. The number of aliphatic hydroxyl groups is 1. The molecular formula is C12H17NO. The first-order chi connectivity index (χ1) is 6.85. The fourth-order valence-electron chi connectivity index (χ4n) is 1.98. The number of hydrogen-bond acceptors (Lipinski definition) is 2. The van der Waals surface area contributed by atoms with Gasteiger partial charge in [-0.25, -0.2) is 0 Å². The first-order valence-electron chi connectivity index (χ1n) is 5.29. The highest BCUT2D eigenvalue weighted by atomic mass is 16.3. The molecule has 2 heteroatoms. The van der Waals surface area contributed by atoms with E-state index in [-0.39, 0.29) is 6.61 Å². The molecule has 1 fully saturated rings. The zero-order chi connectivity index (χ0) is 9.97. The molecule has 2 nitrogen and oxygen atoms in total. The molecule has 0 saturated carbocycles. The van der Waals surface area contributed by atoms with Gasteiger partial charge in [0, 0.05) is 24.3 Å².